The molecular weight excluding hydrogens is 630 g/mol. The summed E-state index contributed by atoms with van der Waals surface area (Å²) >= 11 is 6.52. The highest BCUT2D eigenvalue weighted by molar-refractivity contribution is 6.32. The molecule has 0 atom stereocenters. The van der Waals surface area contributed by atoms with Gasteiger partial charge < -0.3 is 23.7 Å². The fourth-order valence-electron chi connectivity index (χ4n) is 6.27. The van der Waals surface area contributed by atoms with E-state index in [0.29, 0.717) is 58.2 Å². The first kappa shape index (κ1) is 33.4. The Kier molecular flexibility index (Phi) is 10.9. The van der Waals surface area contributed by atoms with Gasteiger partial charge in [0.2, 0.25) is 0 Å². The van der Waals surface area contributed by atoms with Crippen molar-refractivity contribution in [1.82, 2.24) is 9.88 Å². The number of hydrogen-bond donors (Lipinski definition) is 0. The Morgan fingerprint density at radius 3 is 2.33 bits per heavy atom. The minimum atomic E-state index is 0.123. The third-order valence-corrected chi connectivity index (χ3v) is 9.21. The van der Waals surface area contributed by atoms with Crippen LogP contribution < -0.4 is 14.2 Å². The summed E-state index contributed by atoms with van der Waals surface area (Å²) in [6.45, 7) is 9.08. The van der Waals surface area contributed by atoms with E-state index in [9.17, 15) is 4.79 Å². The van der Waals surface area contributed by atoms with E-state index in [1.165, 1.54) is 12.3 Å². The van der Waals surface area contributed by atoms with Gasteiger partial charge >= 0.3 is 0 Å². The molecule has 0 unspecified atom stereocenters. The molecule has 3 aromatic carbocycles. The van der Waals surface area contributed by atoms with E-state index in [4.69, 9.17) is 40.5 Å². The van der Waals surface area contributed by atoms with E-state index in [1.807, 2.05) is 24.3 Å². The molecule has 2 fully saturated rings. The molecule has 48 heavy (non-hydrogen) atoms. The topological polar surface area (TPSA) is 103 Å². The first-order valence-electron chi connectivity index (χ1n) is 16.1. The summed E-state index contributed by atoms with van der Waals surface area (Å²) in [7, 11) is 0. The molecule has 0 N–H and O–H groups in total. The lowest BCUT2D eigenvalue weighted by molar-refractivity contribution is -0.137. The quantitative estimate of drug-likeness (QED) is 0.113. The first-order chi connectivity index (χ1) is 23.4. The van der Waals surface area contributed by atoms with Gasteiger partial charge in [0, 0.05) is 30.6 Å². The van der Waals surface area contributed by atoms with E-state index in [-0.39, 0.29) is 13.2 Å². The SMILES string of the molecule is Cc1c(COc2cc(OCc3cncc(C#N)c3)c(C=O)cc2Cl)cccc1-c1cccc(OCCCN2C3COCC2COC3)c1C. The molecule has 2 saturated heterocycles. The van der Waals surface area contributed by atoms with Crippen molar-refractivity contribution < 1.29 is 28.5 Å². The lowest BCUT2D eigenvalue weighted by Gasteiger charge is -2.45. The van der Waals surface area contributed by atoms with Crippen LogP contribution in [0.2, 0.25) is 5.02 Å². The number of nitrogens with zero attached hydrogens (tertiary/aromatic N) is 3. The van der Waals surface area contributed by atoms with Gasteiger partial charge in [0.1, 0.15) is 36.5 Å². The summed E-state index contributed by atoms with van der Waals surface area (Å²) < 4.78 is 29.9. The fraction of sp³-hybridized carbons (Fsp3) is 0.342. The third-order valence-electron chi connectivity index (χ3n) is 8.91. The van der Waals surface area contributed by atoms with Crippen molar-refractivity contribution in [3.8, 4) is 34.4 Å². The van der Waals surface area contributed by atoms with Crippen molar-refractivity contribution in [2.45, 2.75) is 45.6 Å². The van der Waals surface area contributed by atoms with Crippen LogP contribution in [-0.2, 0) is 22.7 Å². The summed E-state index contributed by atoms with van der Waals surface area (Å²) in [4.78, 5) is 18.3. The summed E-state index contributed by atoms with van der Waals surface area (Å²) in [5.74, 6) is 1.60. The van der Waals surface area contributed by atoms with Crippen molar-refractivity contribution in [3.63, 3.8) is 0 Å². The van der Waals surface area contributed by atoms with Gasteiger partial charge in [0.05, 0.1) is 61.3 Å². The molecule has 6 rings (SSSR count). The standard InChI is InChI=1S/C38H38ClN3O6/c1-25-29(20-48-38-14-37(30(18-43)13-35(38)39)47-19-28-12-27(15-40)16-41-17-28)6-3-7-33(25)34-8-4-9-36(26(34)2)46-11-5-10-42-31-21-44-23-32(42)24-45-22-31/h3-4,6-9,12-14,16-18,31-32H,5,10-11,19-24H2,1-2H3. The monoisotopic (exact) mass is 667 g/mol. The van der Waals surface area contributed by atoms with Gasteiger partial charge in [0.15, 0.2) is 6.29 Å². The Labute approximate surface area is 285 Å². The molecule has 0 amide bonds. The number of aldehydes is 1. The van der Waals surface area contributed by atoms with Gasteiger partial charge in [-0.3, -0.25) is 14.7 Å². The highest BCUT2D eigenvalue weighted by Gasteiger charge is 2.34. The van der Waals surface area contributed by atoms with Crippen LogP contribution >= 0.6 is 11.6 Å². The van der Waals surface area contributed by atoms with Gasteiger partial charge in [-0.1, -0.05) is 41.9 Å². The minimum absolute atomic E-state index is 0.123. The fourth-order valence-corrected chi connectivity index (χ4v) is 6.49. The zero-order valence-electron chi connectivity index (χ0n) is 27.1. The van der Waals surface area contributed by atoms with E-state index < -0.39 is 0 Å². The number of halogens is 1. The number of hydrogen-bond acceptors (Lipinski definition) is 9. The zero-order chi connectivity index (χ0) is 33.5. The third kappa shape index (κ3) is 7.64. The molecule has 1 aromatic heterocycles. The van der Waals surface area contributed by atoms with Crippen LogP contribution in [0.1, 0.15) is 44.6 Å². The predicted molar refractivity (Wildman–Crippen MR) is 182 cm³/mol. The Balaban J connectivity index is 1.11. The average molecular weight is 668 g/mol. The number of benzene rings is 3. The summed E-state index contributed by atoms with van der Waals surface area (Å²) in [6.07, 6.45) is 4.71. The Hall–Kier alpha value is -4.46. The molecule has 0 radical (unpaired) electrons. The average Bonchev–Trinajstić information content (AvgIpc) is 3.10. The summed E-state index contributed by atoms with van der Waals surface area (Å²) in [6, 6.07) is 19.9. The Morgan fingerprint density at radius 1 is 0.896 bits per heavy atom. The van der Waals surface area contributed by atoms with Crippen LogP contribution in [0.3, 0.4) is 0 Å². The Bertz CT molecular complexity index is 1790. The highest BCUT2D eigenvalue weighted by Crippen LogP contribution is 2.36. The number of morpholine rings is 2. The first-order valence-corrected chi connectivity index (χ1v) is 16.4. The lowest BCUT2D eigenvalue weighted by Crippen LogP contribution is -2.59. The van der Waals surface area contributed by atoms with Crippen molar-refractivity contribution in [3.05, 3.63) is 105 Å². The summed E-state index contributed by atoms with van der Waals surface area (Å²) in [5.41, 5.74) is 6.79. The van der Waals surface area contributed by atoms with E-state index >= 15 is 0 Å². The number of nitriles is 1. The molecule has 3 heterocycles. The smallest absolute Gasteiger partial charge is 0.153 e. The predicted octanol–water partition coefficient (Wildman–Crippen LogP) is 6.73. The Morgan fingerprint density at radius 2 is 1.60 bits per heavy atom. The molecule has 9 nitrogen and oxygen atoms in total. The van der Waals surface area contributed by atoms with Gasteiger partial charge in [-0.15, -0.1) is 0 Å². The van der Waals surface area contributed by atoms with Gasteiger partial charge in [0.25, 0.3) is 0 Å². The normalized spacial score (nSPS) is 17.4. The van der Waals surface area contributed by atoms with Gasteiger partial charge in [-0.05, 0) is 66.3 Å². The maximum Gasteiger partial charge on any atom is 0.153 e. The maximum atomic E-state index is 11.8. The molecule has 2 aliphatic rings. The number of aromatic nitrogens is 1. The van der Waals surface area contributed by atoms with Crippen molar-refractivity contribution in [2.24, 2.45) is 0 Å². The number of carbonyl (C=O) groups is 1. The highest BCUT2D eigenvalue weighted by atomic mass is 35.5. The van der Waals surface area contributed by atoms with Crippen molar-refractivity contribution in [1.29, 1.82) is 5.26 Å². The largest absolute Gasteiger partial charge is 0.493 e. The van der Waals surface area contributed by atoms with Crippen LogP contribution in [-0.4, -0.2) is 67.8 Å². The van der Waals surface area contributed by atoms with Crippen LogP contribution in [0.15, 0.2) is 67.0 Å². The number of pyridine rings is 1. The zero-order valence-corrected chi connectivity index (χ0v) is 27.9. The number of rotatable bonds is 13. The van der Waals surface area contributed by atoms with E-state index in [1.54, 1.807) is 18.3 Å². The minimum Gasteiger partial charge on any atom is -0.493 e. The van der Waals surface area contributed by atoms with Crippen LogP contribution in [0.5, 0.6) is 17.2 Å². The van der Waals surface area contributed by atoms with Crippen LogP contribution in [0, 0.1) is 25.2 Å². The molecule has 0 aliphatic carbocycles. The number of fused-ring (bicyclic) bond motifs is 2. The van der Waals surface area contributed by atoms with Crippen molar-refractivity contribution in [2.75, 3.05) is 39.6 Å². The molecule has 2 bridgehead atoms. The molecule has 248 valence electrons. The molecule has 10 heteroatoms. The van der Waals surface area contributed by atoms with Gasteiger partial charge in [-0.25, -0.2) is 0 Å². The molecule has 0 spiro atoms. The second-order valence-corrected chi connectivity index (χ2v) is 12.5. The second kappa shape index (κ2) is 15.6. The van der Waals surface area contributed by atoms with E-state index in [2.05, 4.69) is 41.9 Å². The maximum absolute atomic E-state index is 11.8. The number of ether oxygens (including phenoxy) is 5. The molecule has 4 aromatic rings. The molecular formula is C38H38ClN3O6. The summed E-state index contributed by atoms with van der Waals surface area (Å²) in [5, 5.41) is 9.46. The molecule has 0 saturated carbocycles. The van der Waals surface area contributed by atoms with Gasteiger partial charge in [-0.2, -0.15) is 5.26 Å². The molecule has 2 aliphatic heterocycles. The van der Waals surface area contributed by atoms with Crippen LogP contribution in [0.25, 0.3) is 11.1 Å². The second-order valence-electron chi connectivity index (χ2n) is 12.1. The van der Waals surface area contributed by atoms with E-state index in [0.717, 1.165) is 73.0 Å². The number of carbonyl (C=O) groups excluding carboxylic acids is 1. The van der Waals surface area contributed by atoms with Crippen molar-refractivity contribution >= 4 is 17.9 Å². The lowest BCUT2D eigenvalue weighted by atomic mass is 9.93. The van der Waals surface area contributed by atoms with Crippen LogP contribution in [0.4, 0.5) is 0 Å².